The monoisotopic (exact) mass is 583 g/mol. The second kappa shape index (κ2) is 11.3. The van der Waals surface area contributed by atoms with Gasteiger partial charge in [-0.05, 0) is 64.0 Å². The zero-order valence-electron chi connectivity index (χ0n) is 19.3. The Morgan fingerprint density at radius 1 is 1.08 bits per heavy atom. The van der Waals surface area contributed by atoms with Gasteiger partial charge in [0.15, 0.2) is 18.1 Å². The number of para-hydroxylation sites is 2. The second-order valence-electron chi connectivity index (χ2n) is 7.65. The summed E-state index contributed by atoms with van der Waals surface area (Å²) >= 11 is 9.55. The average Bonchev–Trinajstić information content (AvgIpc) is 2.87. The van der Waals surface area contributed by atoms with Crippen molar-refractivity contribution >= 4 is 68.7 Å². The summed E-state index contributed by atoms with van der Waals surface area (Å²) in [5.41, 5.74) is 0.881. The molecule has 1 aliphatic heterocycles. The quantitative estimate of drug-likeness (QED) is 0.305. The van der Waals surface area contributed by atoms with Crippen LogP contribution in [0.2, 0.25) is 5.02 Å². The maximum absolute atomic E-state index is 13.1. The molecule has 3 aromatic rings. The van der Waals surface area contributed by atoms with E-state index in [2.05, 4.69) is 26.6 Å². The number of benzene rings is 3. The van der Waals surface area contributed by atoms with Gasteiger partial charge in [-0.25, -0.2) is 9.69 Å². The van der Waals surface area contributed by atoms with Gasteiger partial charge in [-0.3, -0.25) is 19.7 Å². The number of anilines is 2. The molecule has 0 atom stereocenters. The number of hydrogen-bond donors (Lipinski definition) is 2. The van der Waals surface area contributed by atoms with Crippen LogP contribution in [0.15, 0.2) is 76.8 Å². The van der Waals surface area contributed by atoms with E-state index in [0.717, 1.165) is 4.90 Å². The number of methoxy groups -OCH3 is 1. The fourth-order valence-electron chi connectivity index (χ4n) is 3.50. The number of carbonyl (C=O) groups excluding carboxylic acids is 4. The van der Waals surface area contributed by atoms with Crippen molar-refractivity contribution in [1.82, 2.24) is 5.32 Å². The first-order chi connectivity index (χ1) is 17.8. The molecule has 1 heterocycles. The first-order valence-corrected chi connectivity index (χ1v) is 12.0. The van der Waals surface area contributed by atoms with E-state index in [1.54, 1.807) is 42.5 Å². The van der Waals surface area contributed by atoms with Crippen LogP contribution >= 0.6 is 27.5 Å². The summed E-state index contributed by atoms with van der Waals surface area (Å²) in [4.78, 5) is 51.2. The lowest BCUT2D eigenvalue weighted by molar-refractivity contribution is -0.122. The van der Waals surface area contributed by atoms with Crippen LogP contribution in [-0.4, -0.2) is 37.5 Å². The van der Waals surface area contributed by atoms with Crippen LogP contribution in [0.25, 0.3) is 6.08 Å². The van der Waals surface area contributed by atoms with Crippen molar-refractivity contribution in [3.8, 4) is 11.5 Å². The standard InChI is InChI=1S/C26H19BrClN3O6/c1-36-21-13-15(12-18(27)23(21)37-14-22(32)29-16-7-3-2-4-8-16)11-17-24(33)30-26(35)31(25(17)34)20-10-6-5-9-19(20)28/h2-13H,14H2,1H3,(H,29,32)(H,30,33,35)/b17-11+. The summed E-state index contributed by atoms with van der Waals surface area (Å²) in [7, 11) is 1.41. The largest absolute Gasteiger partial charge is 0.493 e. The molecule has 3 aromatic carbocycles. The molecular formula is C26H19BrClN3O6. The third-order valence-electron chi connectivity index (χ3n) is 5.16. The zero-order chi connectivity index (χ0) is 26.5. The van der Waals surface area contributed by atoms with Crippen LogP contribution < -0.4 is 25.0 Å². The number of ether oxygens (including phenoxy) is 2. The van der Waals surface area contributed by atoms with E-state index in [9.17, 15) is 19.2 Å². The maximum atomic E-state index is 13.1. The van der Waals surface area contributed by atoms with Crippen molar-refractivity contribution in [2.45, 2.75) is 0 Å². The summed E-state index contributed by atoms with van der Waals surface area (Å²) < 4.78 is 11.5. The Morgan fingerprint density at radius 3 is 2.49 bits per heavy atom. The van der Waals surface area contributed by atoms with E-state index < -0.39 is 17.8 Å². The molecule has 1 aliphatic rings. The number of nitrogens with one attached hydrogen (secondary N) is 2. The number of imide groups is 2. The molecule has 188 valence electrons. The number of barbiturate groups is 1. The molecular weight excluding hydrogens is 566 g/mol. The lowest BCUT2D eigenvalue weighted by Gasteiger charge is -2.27. The van der Waals surface area contributed by atoms with Crippen molar-refractivity contribution < 1.29 is 28.7 Å². The van der Waals surface area contributed by atoms with Crippen molar-refractivity contribution in [1.29, 1.82) is 0 Å². The highest BCUT2D eigenvalue weighted by Crippen LogP contribution is 2.38. The fourth-order valence-corrected chi connectivity index (χ4v) is 4.29. The third kappa shape index (κ3) is 5.82. The number of hydrogen-bond acceptors (Lipinski definition) is 6. The number of halogens is 2. The summed E-state index contributed by atoms with van der Waals surface area (Å²) in [5, 5.41) is 5.04. The van der Waals surface area contributed by atoms with Gasteiger partial charge < -0.3 is 14.8 Å². The minimum atomic E-state index is -0.906. The van der Waals surface area contributed by atoms with Crippen LogP contribution in [0.5, 0.6) is 11.5 Å². The molecule has 2 N–H and O–H groups in total. The highest BCUT2D eigenvalue weighted by atomic mass is 79.9. The Kier molecular flexibility index (Phi) is 7.90. The molecule has 0 saturated carbocycles. The average molecular weight is 585 g/mol. The second-order valence-corrected chi connectivity index (χ2v) is 8.91. The van der Waals surface area contributed by atoms with Gasteiger partial charge in [0, 0.05) is 5.69 Å². The molecule has 1 saturated heterocycles. The van der Waals surface area contributed by atoms with Gasteiger partial charge >= 0.3 is 6.03 Å². The fraction of sp³-hybridized carbons (Fsp3) is 0.0769. The highest BCUT2D eigenvalue weighted by Gasteiger charge is 2.37. The van der Waals surface area contributed by atoms with Gasteiger partial charge in [0.25, 0.3) is 17.7 Å². The predicted octanol–water partition coefficient (Wildman–Crippen LogP) is 4.80. The minimum absolute atomic E-state index is 0.140. The number of amides is 5. The summed E-state index contributed by atoms with van der Waals surface area (Å²) in [6, 6.07) is 17.4. The Bertz CT molecular complexity index is 1430. The van der Waals surface area contributed by atoms with Crippen molar-refractivity contribution in [3.63, 3.8) is 0 Å². The van der Waals surface area contributed by atoms with Crippen LogP contribution in [0.4, 0.5) is 16.2 Å². The number of nitrogens with zero attached hydrogens (tertiary/aromatic N) is 1. The number of rotatable bonds is 7. The SMILES string of the molecule is COc1cc(/C=C2\C(=O)NC(=O)N(c3ccccc3Cl)C2=O)cc(Br)c1OCC(=O)Nc1ccccc1. The minimum Gasteiger partial charge on any atom is -0.493 e. The molecule has 5 amide bonds. The molecule has 11 heteroatoms. The van der Waals surface area contributed by atoms with E-state index in [-0.39, 0.29) is 40.3 Å². The molecule has 1 fully saturated rings. The molecule has 0 radical (unpaired) electrons. The van der Waals surface area contributed by atoms with Crippen molar-refractivity contribution in [2.75, 3.05) is 23.9 Å². The molecule has 4 rings (SSSR count). The molecule has 0 aromatic heterocycles. The van der Waals surface area contributed by atoms with Gasteiger partial charge in [-0.1, -0.05) is 41.9 Å². The summed E-state index contributed by atoms with van der Waals surface area (Å²) in [5.74, 6) is -1.57. The Labute approximate surface area is 225 Å². The molecule has 0 unspecified atom stereocenters. The molecule has 37 heavy (non-hydrogen) atoms. The molecule has 0 spiro atoms. The first kappa shape index (κ1) is 25.9. The van der Waals surface area contributed by atoms with Crippen LogP contribution in [-0.2, 0) is 14.4 Å². The van der Waals surface area contributed by atoms with Crippen LogP contribution in [0.3, 0.4) is 0 Å². The third-order valence-corrected chi connectivity index (χ3v) is 6.07. The Balaban J connectivity index is 1.58. The molecule has 0 bridgehead atoms. The Hall–Kier alpha value is -4.15. The first-order valence-electron chi connectivity index (χ1n) is 10.8. The summed E-state index contributed by atoms with van der Waals surface area (Å²) in [6.45, 7) is -0.292. The molecule has 9 nitrogen and oxygen atoms in total. The van der Waals surface area contributed by atoms with E-state index in [1.807, 2.05) is 6.07 Å². The van der Waals surface area contributed by atoms with E-state index >= 15 is 0 Å². The van der Waals surface area contributed by atoms with Crippen LogP contribution in [0, 0.1) is 0 Å². The number of carbonyl (C=O) groups is 4. The molecule has 0 aliphatic carbocycles. The van der Waals surface area contributed by atoms with Gasteiger partial charge in [0.1, 0.15) is 5.57 Å². The summed E-state index contributed by atoms with van der Waals surface area (Å²) in [6.07, 6.45) is 1.31. The normalized spacial score (nSPS) is 14.4. The van der Waals surface area contributed by atoms with Gasteiger partial charge in [0.2, 0.25) is 0 Å². The van der Waals surface area contributed by atoms with Gasteiger partial charge in [0.05, 0.1) is 22.3 Å². The lowest BCUT2D eigenvalue weighted by Crippen LogP contribution is -2.54. The van der Waals surface area contributed by atoms with E-state index in [0.29, 0.717) is 15.7 Å². The maximum Gasteiger partial charge on any atom is 0.335 e. The zero-order valence-corrected chi connectivity index (χ0v) is 21.6. The lowest BCUT2D eigenvalue weighted by atomic mass is 10.1. The number of urea groups is 1. The van der Waals surface area contributed by atoms with Crippen LogP contribution in [0.1, 0.15) is 5.56 Å². The van der Waals surface area contributed by atoms with Gasteiger partial charge in [-0.2, -0.15) is 0 Å². The van der Waals surface area contributed by atoms with E-state index in [1.165, 1.54) is 31.4 Å². The predicted molar refractivity (Wildman–Crippen MR) is 142 cm³/mol. The van der Waals surface area contributed by atoms with Crippen molar-refractivity contribution in [2.24, 2.45) is 0 Å². The van der Waals surface area contributed by atoms with Crippen molar-refractivity contribution in [3.05, 3.63) is 87.4 Å². The topological polar surface area (TPSA) is 114 Å². The smallest absolute Gasteiger partial charge is 0.335 e. The highest BCUT2D eigenvalue weighted by molar-refractivity contribution is 9.10. The van der Waals surface area contributed by atoms with E-state index in [4.69, 9.17) is 21.1 Å². The van der Waals surface area contributed by atoms with Gasteiger partial charge in [-0.15, -0.1) is 0 Å². The Morgan fingerprint density at radius 2 is 1.78 bits per heavy atom.